The number of nitrogens with two attached hydrogens (primary N) is 1. The molecule has 0 aromatic carbocycles. The largest absolute Gasteiger partial charge is 0.381 e. The first-order valence-electron chi connectivity index (χ1n) is 8.69. The summed E-state index contributed by atoms with van der Waals surface area (Å²) in [7, 11) is 1.70. The molecule has 0 radical (unpaired) electrons. The maximum atomic E-state index is 12.1. The number of hydrogen-bond acceptors (Lipinski definition) is 5. The van der Waals surface area contributed by atoms with Gasteiger partial charge in [-0.05, 0) is 25.7 Å². The quantitative estimate of drug-likeness (QED) is 0.687. The molecule has 0 aromatic rings. The van der Waals surface area contributed by atoms with Crippen LogP contribution in [0, 0.1) is 0 Å². The standard InChI is InChI=1S/C16H30N4O3/c1-23-14-7-8-20(13(9-14)10-17)11-15(21)19-16(22)18-12-5-3-2-4-6-12/h12-14H,2-11,17H2,1H3,(H2,18,19,21,22). The molecule has 1 saturated heterocycles. The van der Waals surface area contributed by atoms with Gasteiger partial charge in [0.2, 0.25) is 5.91 Å². The maximum absolute atomic E-state index is 12.1. The fourth-order valence-corrected chi connectivity index (χ4v) is 3.55. The number of carbonyl (C=O) groups is 2. The fourth-order valence-electron chi connectivity index (χ4n) is 3.55. The summed E-state index contributed by atoms with van der Waals surface area (Å²) in [6.07, 6.45) is 7.44. The van der Waals surface area contributed by atoms with E-state index in [2.05, 4.69) is 10.6 Å². The van der Waals surface area contributed by atoms with Crippen molar-refractivity contribution in [2.45, 2.75) is 63.1 Å². The highest BCUT2D eigenvalue weighted by Gasteiger charge is 2.29. The normalized spacial score (nSPS) is 26.7. The van der Waals surface area contributed by atoms with E-state index in [4.69, 9.17) is 10.5 Å². The highest BCUT2D eigenvalue weighted by atomic mass is 16.5. The molecule has 1 heterocycles. The lowest BCUT2D eigenvalue weighted by Crippen LogP contribution is -2.53. The van der Waals surface area contributed by atoms with Crippen LogP contribution >= 0.6 is 0 Å². The molecule has 0 aromatic heterocycles. The molecular formula is C16H30N4O3. The summed E-state index contributed by atoms with van der Waals surface area (Å²) in [5, 5.41) is 5.34. The molecular weight excluding hydrogens is 296 g/mol. The molecule has 7 nitrogen and oxygen atoms in total. The topological polar surface area (TPSA) is 96.7 Å². The van der Waals surface area contributed by atoms with Crippen LogP contribution in [0.1, 0.15) is 44.9 Å². The minimum absolute atomic E-state index is 0.126. The highest BCUT2D eigenvalue weighted by Crippen LogP contribution is 2.19. The van der Waals surface area contributed by atoms with Crippen LogP contribution in [-0.2, 0) is 9.53 Å². The average Bonchev–Trinajstić information content (AvgIpc) is 2.55. The van der Waals surface area contributed by atoms with Crippen LogP contribution in [0.5, 0.6) is 0 Å². The summed E-state index contributed by atoms with van der Waals surface area (Å²) < 4.78 is 5.38. The van der Waals surface area contributed by atoms with Crippen molar-refractivity contribution in [3.63, 3.8) is 0 Å². The second-order valence-electron chi connectivity index (χ2n) is 6.60. The van der Waals surface area contributed by atoms with E-state index in [1.54, 1.807) is 7.11 Å². The number of rotatable bonds is 5. The van der Waals surface area contributed by atoms with Gasteiger partial charge in [0.05, 0.1) is 12.6 Å². The van der Waals surface area contributed by atoms with Crippen LogP contribution in [0.2, 0.25) is 0 Å². The Morgan fingerprint density at radius 2 is 1.96 bits per heavy atom. The van der Waals surface area contributed by atoms with Crippen LogP contribution < -0.4 is 16.4 Å². The molecule has 2 fully saturated rings. The zero-order valence-corrected chi connectivity index (χ0v) is 14.1. The van der Waals surface area contributed by atoms with Crippen molar-refractivity contribution < 1.29 is 14.3 Å². The van der Waals surface area contributed by atoms with Gasteiger partial charge in [0.1, 0.15) is 0 Å². The van der Waals surface area contributed by atoms with Crippen molar-refractivity contribution in [3.8, 4) is 0 Å². The average molecular weight is 326 g/mol. The minimum atomic E-state index is -0.377. The van der Waals surface area contributed by atoms with E-state index in [1.165, 1.54) is 6.42 Å². The van der Waals surface area contributed by atoms with Crippen LogP contribution in [0.25, 0.3) is 0 Å². The summed E-state index contributed by atoms with van der Waals surface area (Å²) in [5.74, 6) is -0.271. The summed E-state index contributed by atoms with van der Waals surface area (Å²) in [5.41, 5.74) is 5.80. The van der Waals surface area contributed by atoms with Crippen LogP contribution in [0.4, 0.5) is 4.79 Å². The molecule has 1 aliphatic carbocycles. The number of amides is 3. The van der Waals surface area contributed by atoms with Gasteiger partial charge < -0.3 is 15.8 Å². The SMILES string of the molecule is COC1CCN(CC(=O)NC(=O)NC2CCCCC2)C(CN)C1. The van der Waals surface area contributed by atoms with Gasteiger partial charge >= 0.3 is 6.03 Å². The molecule has 132 valence electrons. The van der Waals surface area contributed by atoms with Gasteiger partial charge in [0.15, 0.2) is 0 Å². The second-order valence-corrected chi connectivity index (χ2v) is 6.60. The number of carbonyl (C=O) groups excluding carboxylic acids is 2. The maximum Gasteiger partial charge on any atom is 0.321 e. The van der Waals surface area contributed by atoms with E-state index in [0.717, 1.165) is 45.1 Å². The third kappa shape index (κ3) is 5.75. The Morgan fingerprint density at radius 1 is 1.22 bits per heavy atom. The Bertz CT molecular complexity index is 399. The van der Waals surface area contributed by atoms with Crippen LogP contribution in [-0.4, -0.2) is 61.8 Å². The first kappa shape index (κ1) is 18.2. The number of piperidine rings is 1. The molecule has 2 atom stereocenters. The number of methoxy groups -OCH3 is 1. The van der Waals surface area contributed by atoms with E-state index >= 15 is 0 Å². The Hall–Kier alpha value is -1.18. The lowest BCUT2D eigenvalue weighted by atomic mass is 9.96. The fraction of sp³-hybridized carbons (Fsp3) is 0.875. The van der Waals surface area contributed by atoms with Crippen molar-refractivity contribution in [1.82, 2.24) is 15.5 Å². The molecule has 0 bridgehead atoms. The van der Waals surface area contributed by atoms with Crippen molar-refractivity contribution in [1.29, 1.82) is 0 Å². The Labute approximate surface area is 138 Å². The van der Waals surface area contributed by atoms with Gasteiger partial charge in [-0.2, -0.15) is 0 Å². The zero-order valence-electron chi connectivity index (χ0n) is 14.1. The third-order valence-electron chi connectivity index (χ3n) is 4.94. The third-order valence-corrected chi connectivity index (χ3v) is 4.94. The number of urea groups is 1. The monoisotopic (exact) mass is 326 g/mol. The number of nitrogens with one attached hydrogen (secondary N) is 2. The first-order valence-corrected chi connectivity index (χ1v) is 8.69. The van der Waals surface area contributed by atoms with Crippen molar-refractivity contribution >= 4 is 11.9 Å². The van der Waals surface area contributed by atoms with Crippen molar-refractivity contribution in [2.75, 3.05) is 26.7 Å². The summed E-state index contributed by atoms with van der Waals surface area (Å²) in [4.78, 5) is 26.0. The lowest BCUT2D eigenvalue weighted by Gasteiger charge is -2.37. The number of nitrogens with zero attached hydrogens (tertiary/aromatic N) is 1. The van der Waals surface area contributed by atoms with Crippen LogP contribution in [0.15, 0.2) is 0 Å². The summed E-state index contributed by atoms with van der Waals surface area (Å²) in [6.45, 7) is 1.45. The molecule has 2 aliphatic rings. The molecule has 1 saturated carbocycles. The predicted molar refractivity (Wildman–Crippen MR) is 88.0 cm³/mol. The predicted octanol–water partition coefficient (Wildman–Crippen LogP) is 0.583. The zero-order chi connectivity index (χ0) is 16.7. The van der Waals surface area contributed by atoms with Crippen molar-refractivity contribution in [3.05, 3.63) is 0 Å². The van der Waals surface area contributed by atoms with E-state index in [0.29, 0.717) is 6.54 Å². The summed E-state index contributed by atoms with van der Waals surface area (Å²) >= 11 is 0. The van der Waals surface area contributed by atoms with E-state index < -0.39 is 0 Å². The number of ether oxygens (including phenoxy) is 1. The molecule has 2 rings (SSSR count). The van der Waals surface area contributed by atoms with E-state index in [1.807, 2.05) is 4.90 Å². The second kappa shape index (κ2) is 9.20. The molecule has 7 heteroatoms. The van der Waals surface area contributed by atoms with Gasteiger partial charge in [0.25, 0.3) is 0 Å². The smallest absolute Gasteiger partial charge is 0.321 e. The van der Waals surface area contributed by atoms with Crippen LogP contribution in [0.3, 0.4) is 0 Å². The molecule has 0 spiro atoms. The summed E-state index contributed by atoms with van der Waals surface area (Å²) in [6, 6.07) is -0.0513. The molecule has 4 N–H and O–H groups in total. The van der Waals surface area contributed by atoms with Gasteiger partial charge in [-0.25, -0.2) is 4.79 Å². The lowest BCUT2D eigenvalue weighted by molar-refractivity contribution is -0.122. The Morgan fingerprint density at radius 3 is 2.61 bits per heavy atom. The molecule has 23 heavy (non-hydrogen) atoms. The van der Waals surface area contributed by atoms with Gasteiger partial charge in [0, 0.05) is 32.3 Å². The Balaban J connectivity index is 1.73. The number of hydrogen-bond donors (Lipinski definition) is 3. The van der Waals surface area contributed by atoms with E-state index in [-0.39, 0.29) is 36.7 Å². The minimum Gasteiger partial charge on any atom is -0.381 e. The van der Waals surface area contributed by atoms with Gasteiger partial charge in [-0.15, -0.1) is 0 Å². The van der Waals surface area contributed by atoms with E-state index in [9.17, 15) is 9.59 Å². The van der Waals surface area contributed by atoms with Gasteiger partial charge in [-0.1, -0.05) is 19.3 Å². The number of imide groups is 1. The Kier molecular flexibility index (Phi) is 7.26. The highest BCUT2D eigenvalue weighted by molar-refractivity contribution is 5.95. The molecule has 3 amide bonds. The first-order chi connectivity index (χ1) is 11.1. The van der Waals surface area contributed by atoms with Gasteiger partial charge in [-0.3, -0.25) is 15.0 Å². The molecule has 1 aliphatic heterocycles. The molecule has 2 unspecified atom stereocenters. The number of likely N-dealkylation sites (tertiary alicyclic amines) is 1. The van der Waals surface area contributed by atoms with Crippen molar-refractivity contribution in [2.24, 2.45) is 5.73 Å².